The molecule has 3 aromatic heterocycles. The molecule has 2 N–H and O–H groups in total. The third kappa shape index (κ3) is 3.48. The summed E-state index contributed by atoms with van der Waals surface area (Å²) < 4.78 is 0. The molecular formula is C18H20N6. The second-order valence-electron chi connectivity index (χ2n) is 5.55. The van der Waals surface area contributed by atoms with Gasteiger partial charge in [0.2, 0.25) is 0 Å². The monoisotopic (exact) mass is 320 g/mol. The first-order valence-electron chi connectivity index (χ1n) is 7.78. The minimum Gasteiger partial charge on any atom is -0.370 e. The molecule has 0 aromatic carbocycles. The Morgan fingerprint density at radius 2 is 1.71 bits per heavy atom. The van der Waals surface area contributed by atoms with Gasteiger partial charge in [0.25, 0.3) is 0 Å². The molecule has 6 heteroatoms. The lowest BCUT2D eigenvalue weighted by molar-refractivity contribution is 1.06. The zero-order chi connectivity index (χ0) is 16.9. The maximum absolute atomic E-state index is 4.63. The summed E-state index contributed by atoms with van der Waals surface area (Å²) >= 11 is 0. The topological polar surface area (TPSA) is 75.6 Å². The maximum Gasteiger partial charge on any atom is 0.169 e. The minimum absolute atomic E-state index is 0.636. The van der Waals surface area contributed by atoms with Crippen LogP contribution in [0, 0.1) is 13.8 Å². The van der Waals surface area contributed by atoms with Crippen molar-refractivity contribution in [1.29, 1.82) is 0 Å². The zero-order valence-electron chi connectivity index (χ0n) is 14.0. The second kappa shape index (κ2) is 7.04. The molecule has 0 saturated heterocycles. The molecule has 0 unspecified atom stereocenters. The fourth-order valence-electron chi connectivity index (χ4n) is 2.56. The first kappa shape index (κ1) is 15.9. The third-order valence-corrected chi connectivity index (χ3v) is 3.70. The molecule has 0 aliphatic rings. The molecule has 0 spiro atoms. The Balaban J connectivity index is 1.78. The number of hydrogen-bond acceptors (Lipinski definition) is 6. The fraction of sp³-hybridized carbons (Fsp3) is 0.222. The lowest BCUT2D eigenvalue weighted by Crippen LogP contribution is -2.06. The van der Waals surface area contributed by atoms with Crippen molar-refractivity contribution >= 4 is 11.6 Å². The van der Waals surface area contributed by atoms with Crippen molar-refractivity contribution in [2.24, 2.45) is 0 Å². The van der Waals surface area contributed by atoms with Crippen molar-refractivity contribution in [3.63, 3.8) is 0 Å². The van der Waals surface area contributed by atoms with Crippen molar-refractivity contribution < 1.29 is 0 Å². The van der Waals surface area contributed by atoms with Crippen LogP contribution in [0.1, 0.15) is 16.8 Å². The Labute approximate surface area is 141 Å². The van der Waals surface area contributed by atoms with Crippen LogP contribution in [0.4, 0.5) is 11.6 Å². The Morgan fingerprint density at radius 3 is 2.42 bits per heavy atom. The molecule has 3 rings (SSSR count). The summed E-state index contributed by atoms with van der Waals surface area (Å²) in [6.45, 7) is 4.69. The van der Waals surface area contributed by atoms with E-state index < -0.39 is 0 Å². The molecule has 0 atom stereocenters. The van der Waals surface area contributed by atoms with Crippen molar-refractivity contribution in [2.75, 3.05) is 17.7 Å². The normalized spacial score (nSPS) is 10.5. The predicted octanol–water partition coefficient (Wildman–Crippen LogP) is 3.20. The number of pyridine rings is 2. The van der Waals surface area contributed by atoms with Crippen molar-refractivity contribution in [3.05, 3.63) is 59.8 Å². The van der Waals surface area contributed by atoms with Gasteiger partial charge in [-0.3, -0.25) is 9.97 Å². The minimum atomic E-state index is 0.636. The summed E-state index contributed by atoms with van der Waals surface area (Å²) in [7, 11) is 1.83. The molecule has 0 saturated carbocycles. The van der Waals surface area contributed by atoms with E-state index in [1.165, 1.54) is 0 Å². The molecule has 0 fully saturated rings. The van der Waals surface area contributed by atoms with E-state index in [0.29, 0.717) is 6.54 Å². The molecule has 3 aromatic rings. The summed E-state index contributed by atoms with van der Waals surface area (Å²) in [6.07, 6.45) is 7.03. The number of nitrogens with zero attached hydrogens (tertiary/aromatic N) is 4. The standard InChI is InChI=1S/C18H20N6/c1-12-8-14(11-24-18-17(19-3)21-6-7-22-18)10-23-16(12)15-4-5-20-13(2)9-15/h4-10H,11H2,1-3H3,(H,19,21)(H,22,24). The molecular weight excluding hydrogens is 300 g/mol. The summed E-state index contributed by atoms with van der Waals surface area (Å²) in [6, 6.07) is 6.17. The highest BCUT2D eigenvalue weighted by Gasteiger charge is 2.07. The second-order valence-corrected chi connectivity index (χ2v) is 5.55. The zero-order valence-corrected chi connectivity index (χ0v) is 14.0. The fourth-order valence-corrected chi connectivity index (χ4v) is 2.56. The molecule has 24 heavy (non-hydrogen) atoms. The Morgan fingerprint density at radius 1 is 0.917 bits per heavy atom. The third-order valence-electron chi connectivity index (χ3n) is 3.70. The van der Waals surface area contributed by atoms with E-state index in [-0.39, 0.29) is 0 Å². The van der Waals surface area contributed by atoms with Gasteiger partial charge >= 0.3 is 0 Å². The first-order chi connectivity index (χ1) is 11.7. The molecule has 122 valence electrons. The highest BCUT2D eigenvalue weighted by molar-refractivity contribution is 5.63. The summed E-state index contributed by atoms with van der Waals surface area (Å²) in [5.74, 6) is 1.46. The van der Waals surface area contributed by atoms with E-state index in [4.69, 9.17) is 0 Å². The predicted molar refractivity (Wildman–Crippen MR) is 95.8 cm³/mol. The lowest BCUT2D eigenvalue weighted by atomic mass is 10.1. The molecule has 0 aliphatic heterocycles. The number of aromatic nitrogens is 4. The van der Waals surface area contributed by atoms with Crippen LogP contribution in [-0.4, -0.2) is 27.0 Å². The van der Waals surface area contributed by atoms with Crippen LogP contribution in [-0.2, 0) is 6.54 Å². The van der Waals surface area contributed by atoms with E-state index >= 15 is 0 Å². The lowest BCUT2D eigenvalue weighted by Gasteiger charge is -2.11. The molecule has 3 heterocycles. The van der Waals surface area contributed by atoms with Gasteiger partial charge < -0.3 is 10.6 Å². The van der Waals surface area contributed by atoms with Crippen LogP contribution < -0.4 is 10.6 Å². The van der Waals surface area contributed by atoms with E-state index in [1.807, 2.05) is 38.5 Å². The number of anilines is 2. The maximum atomic E-state index is 4.63. The average Bonchev–Trinajstić information content (AvgIpc) is 2.60. The smallest absolute Gasteiger partial charge is 0.169 e. The van der Waals surface area contributed by atoms with Gasteiger partial charge in [0, 0.05) is 49.6 Å². The molecule has 0 radical (unpaired) electrons. The molecule has 0 amide bonds. The van der Waals surface area contributed by atoms with Gasteiger partial charge in [-0.25, -0.2) is 9.97 Å². The summed E-state index contributed by atoms with van der Waals surface area (Å²) in [4.78, 5) is 17.4. The van der Waals surface area contributed by atoms with Crippen LogP contribution in [0.5, 0.6) is 0 Å². The average molecular weight is 320 g/mol. The van der Waals surface area contributed by atoms with Gasteiger partial charge in [-0.1, -0.05) is 6.07 Å². The number of hydrogen-bond donors (Lipinski definition) is 2. The van der Waals surface area contributed by atoms with Crippen LogP contribution >= 0.6 is 0 Å². The Kier molecular flexibility index (Phi) is 4.65. The summed E-state index contributed by atoms with van der Waals surface area (Å²) in [5.41, 5.74) is 5.29. The quantitative estimate of drug-likeness (QED) is 0.752. The SMILES string of the molecule is CNc1nccnc1NCc1cnc(-c2ccnc(C)c2)c(C)c1. The largest absolute Gasteiger partial charge is 0.370 e. The Hall–Kier alpha value is -3.02. The van der Waals surface area contributed by atoms with Crippen LogP contribution in [0.25, 0.3) is 11.3 Å². The number of rotatable bonds is 5. The van der Waals surface area contributed by atoms with E-state index in [0.717, 1.165) is 39.7 Å². The van der Waals surface area contributed by atoms with Gasteiger partial charge in [-0.2, -0.15) is 0 Å². The highest BCUT2D eigenvalue weighted by Crippen LogP contribution is 2.22. The van der Waals surface area contributed by atoms with Crippen LogP contribution in [0.2, 0.25) is 0 Å². The van der Waals surface area contributed by atoms with E-state index in [2.05, 4.69) is 43.6 Å². The molecule has 0 bridgehead atoms. The summed E-state index contributed by atoms with van der Waals surface area (Å²) in [5, 5.41) is 6.31. The van der Waals surface area contributed by atoms with E-state index in [1.54, 1.807) is 12.4 Å². The van der Waals surface area contributed by atoms with Crippen LogP contribution in [0.3, 0.4) is 0 Å². The molecule has 6 nitrogen and oxygen atoms in total. The van der Waals surface area contributed by atoms with Crippen molar-refractivity contribution in [1.82, 2.24) is 19.9 Å². The Bertz CT molecular complexity index is 846. The van der Waals surface area contributed by atoms with Gasteiger partial charge in [0.05, 0.1) is 5.69 Å². The van der Waals surface area contributed by atoms with Gasteiger partial charge in [0.1, 0.15) is 0 Å². The van der Waals surface area contributed by atoms with Crippen molar-refractivity contribution in [2.45, 2.75) is 20.4 Å². The van der Waals surface area contributed by atoms with Gasteiger partial charge in [-0.15, -0.1) is 0 Å². The van der Waals surface area contributed by atoms with Gasteiger partial charge in [0.15, 0.2) is 11.6 Å². The number of nitrogens with one attached hydrogen (secondary N) is 2. The van der Waals surface area contributed by atoms with Gasteiger partial charge in [-0.05, 0) is 37.1 Å². The highest BCUT2D eigenvalue weighted by atomic mass is 15.1. The van der Waals surface area contributed by atoms with Crippen molar-refractivity contribution in [3.8, 4) is 11.3 Å². The number of aryl methyl sites for hydroxylation is 2. The first-order valence-corrected chi connectivity index (χ1v) is 7.78. The van der Waals surface area contributed by atoms with Crippen LogP contribution in [0.15, 0.2) is 43.0 Å². The molecule has 0 aliphatic carbocycles. The van der Waals surface area contributed by atoms with E-state index in [9.17, 15) is 0 Å².